The Labute approximate surface area is 126 Å². The Morgan fingerprint density at radius 2 is 1.23 bits per heavy atom. The van der Waals surface area contributed by atoms with Gasteiger partial charge in [-0.15, -0.1) is 0 Å². The van der Waals surface area contributed by atoms with E-state index in [-0.39, 0.29) is 0 Å². The molecule has 0 aliphatic heterocycles. The van der Waals surface area contributed by atoms with Gasteiger partial charge in [-0.1, -0.05) is 0 Å². The maximum Gasteiger partial charge on any atom is 0.416 e. The molecule has 0 fully saturated rings. The third-order valence-electron chi connectivity index (χ3n) is 2.69. The number of hydrogen-bond donors (Lipinski definition) is 2. The first-order chi connectivity index (χ1) is 10.1. The second-order valence-electron chi connectivity index (χ2n) is 4.65. The van der Waals surface area contributed by atoms with Crippen molar-refractivity contribution in [1.82, 2.24) is 0 Å². The SMILES string of the molecule is CS(=O)(=O)Nc1ccc(Nc2ccc(C(F)(F)F)cc2)cc1. The molecule has 0 aromatic heterocycles. The molecule has 0 heterocycles. The molecule has 118 valence electrons. The zero-order chi connectivity index (χ0) is 16.4. The maximum atomic E-state index is 12.4. The van der Waals surface area contributed by atoms with Crippen LogP contribution in [0.15, 0.2) is 48.5 Å². The molecule has 0 saturated carbocycles. The molecule has 0 bridgehead atoms. The minimum Gasteiger partial charge on any atom is -0.356 e. The topological polar surface area (TPSA) is 58.2 Å². The lowest BCUT2D eigenvalue weighted by Crippen LogP contribution is -2.09. The third-order valence-corrected chi connectivity index (χ3v) is 3.30. The summed E-state index contributed by atoms with van der Waals surface area (Å²) in [5.41, 5.74) is 0.807. The average molecular weight is 330 g/mol. The van der Waals surface area contributed by atoms with Crippen molar-refractivity contribution in [1.29, 1.82) is 0 Å². The van der Waals surface area contributed by atoms with Gasteiger partial charge in [0.25, 0.3) is 0 Å². The van der Waals surface area contributed by atoms with E-state index in [1.54, 1.807) is 24.3 Å². The molecule has 0 spiro atoms. The van der Waals surface area contributed by atoms with Gasteiger partial charge in [-0.3, -0.25) is 4.72 Å². The number of anilines is 3. The summed E-state index contributed by atoms with van der Waals surface area (Å²) >= 11 is 0. The molecule has 2 rings (SSSR count). The minimum absolute atomic E-state index is 0.403. The molecule has 0 amide bonds. The number of rotatable bonds is 4. The second-order valence-corrected chi connectivity index (χ2v) is 6.40. The van der Waals surface area contributed by atoms with Crippen molar-refractivity contribution < 1.29 is 21.6 Å². The molecule has 8 heteroatoms. The zero-order valence-electron chi connectivity index (χ0n) is 11.5. The number of halogens is 3. The summed E-state index contributed by atoms with van der Waals surface area (Å²) in [6.45, 7) is 0. The number of alkyl halides is 3. The van der Waals surface area contributed by atoms with Crippen LogP contribution in [0, 0.1) is 0 Å². The van der Waals surface area contributed by atoms with Crippen molar-refractivity contribution in [2.75, 3.05) is 16.3 Å². The fourth-order valence-corrected chi connectivity index (χ4v) is 2.31. The number of nitrogens with one attached hydrogen (secondary N) is 2. The smallest absolute Gasteiger partial charge is 0.356 e. The van der Waals surface area contributed by atoms with Crippen molar-refractivity contribution in [2.45, 2.75) is 6.18 Å². The molecule has 2 aromatic carbocycles. The van der Waals surface area contributed by atoms with Crippen LogP contribution in [0.5, 0.6) is 0 Å². The van der Waals surface area contributed by atoms with E-state index in [1.807, 2.05) is 0 Å². The minimum atomic E-state index is -4.36. The normalized spacial score (nSPS) is 12.0. The van der Waals surface area contributed by atoms with Crippen molar-refractivity contribution in [3.63, 3.8) is 0 Å². The Morgan fingerprint density at radius 3 is 1.64 bits per heavy atom. The lowest BCUT2D eigenvalue weighted by Gasteiger charge is -2.10. The van der Waals surface area contributed by atoms with Crippen LogP contribution in [0.4, 0.5) is 30.2 Å². The van der Waals surface area contributed by atoms with Gasteiger partial charge in [-0.2, -0.15) is 13.2 Å². The monoisotopic (exact) mass is 330 g/mol. The van der Waals surface area contributed by atoms with E-state index >= 15 is 0 Å². The predicted molar refractivity (Wildman–Crippen MR) is 79.6 cm³/mol. The van der Waals surface area contributed by atoms with Crippen molar-refractivity contribution in [3.05, 3.63) is 54.1 Å². The maximum absolute atomic E-state index is 12.4. The Morgan fingerprint density at radius 1 is 0.818 bits per heavy atom. The molecule has 0 unspecified atom stereocenters. The van der Waals surface area contributed by atoms with Gasteiger partial charge in [0.15, 0.2) is 0 Å². The van der Waals surface area contributed by atoms with E-state index in [2.05, 4.69) is 10.0 Å². The summed E-state index contributed by atoms with van der Waals surface area (Å²) < 4.78 is 61.8. The van der Waals surface area contributed by atoms with Crippen molar-refractivity contribution in [2.24, 2.45) is 0 Å². The Kier molecular flexibility index (Phi) is 4.32. The second kappa shape index (κ2) is 5.88. The predicted octanol–water partition coefficient (Wildman–Crippen LogP) is 3.82. The van der Waals surface area contributed by atoms with Gasteiger partial charge < -0.3 is 5.32 Å². The van der Waals surface area contributed by atoms with E-state index in [1.165, 1.54) is 12.1 Å². The summed E-state index contributed by atoms with van der Waals surface area (Å²) in [6.07, 6.45) is -3.32. The van der Waals surface area contributed by atoms with Crippen LogP contribution in [0.1, 0.15) is 5.56 Å². The third kappa shape index (κ3) is 4.66. The summed E-state index contributed by atoms with van der Waals surface area (Å²) in [4.78, 5) is 0. The highest BCUT2D eigenvalue weighted by Crippen LogP contribution is 2.30. The first-order valence-corrected chi connectivity index (χ1v) is 8.05. The van der Waals surface area contributed by atoms with Gasteiger partial charge in [0.05, 0.1) is 11.8 Å². The summed E-state index contributed by atoms with van der Waals surface area (Å²) in [7, 11) is -3.34. The van der Waals surface area contributed by atoms with Gasteiger partial charge in [0.2, 0.25) is 10.0 Å². The fourth-order valence-electron chi connectivity index (χ4n) is 1.74. The van der Waals surface area contributed by atoms with Crippen LogP contribution >= 0.6 is 0 Å². The molecule has 0 aliphatic rings. The van der Waals surface area contributed by atoms with Crippen LogP contribution in [-0.4, -0.2) is 14.7 Å². The highest BCUT2D eigenvalue weighted by Gasteiger charge is 2.29. The van der Waals surface area contributed by atoms with E-state index in [0.717, 1.165) is 18.4 Å². The van der Waals surface area contributed by atoms with Gasteiger partial charge in [-0.25, -0.2) is 8.42 Å². The van der Waals surface area contributed by atoms with Crippen LogP contribution in [0.25, 0.3) is 0 Å². The lowest BCUT2D eigenvalue weighted by atomic mass is 10.2. The molecule has 0 radical (unpaired) electrons. The van der Waals surface area contributed by atoms with Crippen molar-refractivity contribution in [3.8, 4) is 0 Å². The highest BCUT2D eigenvalue weighted by molar-refractivity contribution is 7.92. The average Bonchev–Trinajstić information content (AvgIpc) is 2.39. The van der Waals surface area contributed by atoms with Gasteiger partial charge in [0, 0.05) is 17.1 Å². The first kappa shape index (κ1) is 16.2. The quantitative estimate of drug-likeness (QED) is 0.896. The molecular weight excluding hydrogens is 317 g/mol. The number of benzene rings is 2. The molecule has 2 aromatic rings. The van der Waals surface area contributed by atoms with Crippen LogP contribution in [0.3, 0.4) is 0 Å². The van der Waals surface area contributed by atoms with Crippen molar-refractivity contribution >= 4 is 27.1 Å². The van der Waals surface area contributed by atoms with Gasteiger partial charge in [0.1, 0.15) is 0 Å². The van der Waals surface area contributed by atoms with E-state index in [0.29, 0.717) is 17.1 Å². The summed E-state index contributed by atoms with van der Waals surface area (Å²) in [6, 6.07) is 11.0. The summed E-state index contributed by atoms with van der Waals surface area (Å²) in [5.74, 6) is 0. The molecular formula is C14H13F3N2O2S. The van der Waals surface area contributed by atoms with Crippen LogP contribution in [-0.2, 0) is 16.2 Å². The Hall–Kier alpha value is -2.22. The van der Waals surface area contributed by atoms with Gasteiger partial charge in [-0.05, 0) is 48.5 Å². The molecule has 2 N–H and O–H groups in total. The largest absolute Gasteiger partial charge is 0.416 e. The molecule has 0 aliphatic carbocycles. The first-order valence-electron chi connectivity index (χ1n) is 6.16. The Bertz CT molecular complexity index is 739. The van der Waals surface area contributed by atoms with Crippen LogP contribution in [0.2, 0.25) is 0 Å². The van der Waals surface area contributed by atoms with E-state index in [4.69, 9.17) is 0 Å². The van der Waals surface area contributed by atoms with Crippen LogP contribution < -0.4 is 10.0 Å². The van der Waals surface area contributed by atoms with E-state index in [9.17, 15) is 21.6 Å². The van der Waals surface area contributed by atoms with Gasteiger partial charge >= 0.3 is 6.18 Å². The molecule has 22 heavy (non-hydrogen) atoms. The standard InChI is InChI=1S/C14H13F3N2O2S/c1-22(20,21)19-13-8-6-12(7-9-13)18-11-4-2-10(3-5-11)14(15,16)17/h2-9,18-19H,1H3. The fraction of sp³-hybridized carbons (Fsp3) is 0.143. The number of sulfonamides is 1. The summed E-state index contributed by atoms with van der Waals surface area (Å²) in [5, 5.41) is 2.93. The zero-order valence-corrected chi connectivity index (χ0v) is 12.3. The highest BCUT2D eigenvalue weighted by atomic mass is 32.2. The lowest BCUT2D eigenvalue weighted by molar-refractivity contribution is -0.137. The molecule has 0 atom stereocenters. The number of hydrogen-bond acceptors (Lipinski definition) is 3. The molecule has 4 nitrogen and oxygen atoms in total. The molecule has 0 saturated heterocycles. The van der Waals surface area contributed by atoms with E-state index < -0.39 is 21.8 Å². The Balaban J connectivity index is 2.08.